The van der Waals surface area contributed by atoms with Crippen LogP contribution in [0.15, 0.2) is 18.2 Å². The Morgan fingerprint density at radius 1 is 1.26 bits per heavy atom. The van der Waals surface area contributed by atoms with Crippen molar-refractivity contribution in [1.82, 2.24) is 0 Å². The number of hydrogen-bond donors (Lipinski definition) is 2. The van der Waals surface area contributed by atoms with E-state index in [1.807, 2.05) is 20.8 Å². The van der Waals surface area contributed by atoms with Crippen molar-refractivity contribution in [1.29, 1.82) is 0 Å². The molecular weight excluding hydrogens is 273 g/mol. The molecule has 0 aliphatic rings. The molecule has 106 valence electrons. The van der Waals surface area contributed by atoms with Gasteiger partial charge in [0.2, 0.25) is 0 Å². The molecular formula is C13H17F3N2S. The van der Waals surface area contributed by atoms with Gasteiger partial charge in [0.25, 0.3) is 0 Å². The zero-order chi connectivity index (χ0) is 14.8. The number of halogens is 3. The largest absolute Gasteiger partial charge is 0.416 e. The molecule has 19 heavy (non-hydrogen) atoms. The monoisotopic (exact) mass is 290 g/mol. The molecule has 0 aliphatic heterocycles. The van der Waals surface area contributed by atoms with Gasteiger partial charge >= 0.3 is 6.18 Å². The van der Waals surface area contributed by atoms with Crippen molar-refractivity contribution >= 4 is 22.9 Å². The second-order valence-corrected chi connectivity index (χ2v) is 5.24. The minimum atomic E-state index is -4.40. The van der Waals surface area contributed by atoms with E-state index in [0.29, 0.717) is 11.6 Å². The Hall–Kier alpha value is -1.30. The molecule has 3 N–H and O–H groups in total. The van der Waals surface area contributed by atoms with Crippen LogP contribution < -0.4 is 11.1 Å². The Morgan fingerprint density at radius 3 is 2.26 bits per heavy atom. The summed E-state index contributed by atoms with van der Waals surface area (Å²) in [6.07, 6.45) is -4.40. The van der Waals surface area contributed by atoms with E-state index >= 15 is 0 Å². The zero-order valence-corrected chi connectivity index (χ0v) is 11.8. The highest BCUT2D eigenvalue weighted by molar-refractivity contribution is 7.80. The van der Waals surface area contributed by atoms with Gasteiger partial charge in [-0.2, -0.15) is 13.2 Å². The first kappa shape index (κ1) is 15.8. The molecule has 1 aromatic rings. The Bertz CT molecular complexity index is 469. The zero-order valence-electron chi connectivity index (χ0n) is 11.0. The molecule has 0 heterocycles. The third kappa shape index (κ3) is 4.09. The molecule has 0 fully saturated rings. The molecule has 0 aromatic heterocycles. The summed E-state index contributed by atoms with van der Waals surface area (Å²) in [5.41, 5.74) is 5.50. The summed E-state index contributed by atoms with van der Waals surface area (Å²) in [5, 5.41) is 3.14. The maximum atomic E-state index is 12.6. The number of alkyl halides is 3. The van der Waals surface area contributed by atoms with Gasteiger partial charge in [-0.1, -0.05) is 26.1 Å². The van der Waals surface area contributed by atoms with Crippen LogP contribution in [-0.4, -0.2) is 11.0 Å². The first-order chi connectivity index (χ1) is 8.62. The van der Waals surface area contributed by atoms with E-state index < -0.39 is 11.7 Å². The van der Waals surface area contributed by atoms with Crippen LogP contribution >= 0.6 is 12.2 Å². The van der Waals surface area contributed by atoms with Crippen molar-refractivity contribution in [2.24, 2.45) is 11.7 Å². The fourth-order valence-electron chi connectivity index (χ4n) is 1.46. The number of nitrogens with two attached hydrogens (primary N) is 1. The maximum absolute atomic E-state index is 12.6. The lowest BCUT2D eigenvalue weighted by Gasteiger charge is -2.21. The van der Waals surface area contributed by atoms with Crippen LogP contribution in [0.1, 0.15) is 31.9 Å². The topological polar surface area (TPSA) is 38.0 Å². The molecule has 0 saturated carbocycles. The van der Waals surface area contributed by atoms with Crippen LogP contribution in [0.3, 0.4) is 0 Å². The average molecular weight is 290 g/mol. The smallest absolute Gasteiger partial charge is 0.389 e. The summed E-state index contributed by atoms with van der Waals surface area (Å²) in [6.45, 7) is 5.98. The summed E-state index contributed by atoms with van der Waals surface area (Å²) in [5.74, 6) is 0.335. The molecule has 6 heteroatoms. The summed E-state index contributed by atoms with van der Waals surface area (Å²) in [4.78, 5) is -0.0513. The number of rotatable bonds is 4. The summed E-state index contributed by atoms with van der Waals surface area (Å²) < 4.78 is 37.9. The van der Waals surface area contributed by atoms with Crippen molar-refractivity contribution in [2.45, 2.75) is 33.0 Å². The lowest BCUT2D eigenvalue weighted by atomic mass is 10.0. The van der Waals surface area contributed by atoms with Crippen molar-refractivity contribution in [2.75, 3.05) is 5.32 Å². The summed E-state index contributed by atoms with van der Waals surface area (Å²) in [6, 6.07) is 3.48. The van der Waals surface area contributed by atoms with Crippen LogP contribution in [0.25, 0.3) is 0 Å². The molecule has 1 unspecified atom stereocenters. The molecule has 2 nitrogen and oxygen atoms in total. The van der Waals surface area contributed by atoms with E-state index in [2.05, 4.69) is 5.32 Å². The second-order valence-electron chi connectivity index (χ2n) is 4.80. The van der Waals surface area contributed by atoms with Crippen molar-refractivity contribution in [3.05, 3.63) is 29.3 Å². The third-order valence-corrected chi connectivity index (χ3v) is 3.22. The van der Waals surface area contributed by atoms with E-state index in [1.54, 1.807) is 0 Å². The molecule has 0 aliphatic carbocycles. The van der Waals surface area contributed by atoms with Crippen molar-refractivity contribution in [3.8, 4) is 0 Å². The molecule has 0 bridgehead atoms. The van der Waals surface area contributed by atoms with Crippen LogP contribution in [0.4, 0.5) is 18.9 Å². The standard InChI is InChI=1S/C13H17F3N2S/c1-7(2)8(3)18-11-5-4-9(13(14,15)16)6-10(11)12(17)19/h4-8,18H,1-3H3,(H2,17,19). The van der Waals surface area contributed by atoms with E-state index in [9.17, 15) is 13.2 Å². The molecule has 0 spiro atoms. The van der Waals surface area contributed by atoms with Crippen molar-refractivity contribution < 1.29 is 13.2 Å². The molecule has 0 saturated heterocycles. The van der Waals surface area contributed by atoms with E-state index in [0.717, 1.165) is 12.1 Å². The minimum absolute atomic E-state index is 0.0513. The van der Waals surface area contributed by atoms with Gasteiger partial charge in [-0.15, -0.1) is 0 Å². The number of hydrogen-bond acceptors (Lipinski definition) is 2. The Kier molecular flexibility index (Phi) is 4.79. The van der Waals surface area contributed by atoms with E-state index in [4.69, 9.17) is 18.0 Å². The van der Waals surface area contributed by atoms with Gasteiger partial charge in [0, 0.05) is 17.3 Å². The molecule has 1 rings (SSSR count). The SMILES string of the molecule is CC(C)C(C)Nc1ccc(C(F)(F)F)cc1C(N)=S. The summed E-state index contributed by atoms with van der Waals surface area (Å²) in [7, 11) is 0. The number of thiocarbonyl (C=S) groups is 1. The van der Waals surface area contributed by atoms with E-state index in [-0.39, 0.29) is 16.6 Å². The first-order valence-corrected chi connectivity index (χ1v) is 6.31. The van der Waals surface area contributed by atoms with Crippen LogP contribution in [-0.2, 0) is 6.18 Å². The highest BCUT2D eigenvalue weighted by atomic mass is 32.1. The normalized spacial score (nSPS) is 13.4. The van der Waals surface area contributed by atoms with Gasteiger partial charge in [0.05, 0.1) is 5.56 Å². The molecule has 1 aromatic carbocycles. The Labute approximate surface area is 116 Å². The number of benzene rings is 1. The minimum Gasteiger partial charge on any atom is -0.389 e. The van der Waals surface area contributed by atoms with Gasteiger partial charge in [-0.3, -0.25) is 0 Å². The Balaban J connectivity index is 3.16. The van der Waals surface area contributed by atoms with Crippen LogP contribution in [0, 0.1) is 5.92 Å². The lowest BCUT2D eigenvalue weighted by Crippen LogP contribution is -2.24. The number of anilines is 1. The quantitative estimate of drug-likeness (QED) is 0.828. The molecule has 1 atom stereocenters. The predicted octanol–water partition coefficient (Wildman–Crippen LogP) is 3.80. The Morgan fingerprint density at radius 2 is 1.84 bits per heavy atom. The first-order valence-electron chi connectivity index (χ1n) is 5.90. The van der Waals surface area contributed by atoms with E-state index in [1.165, 1.54) is 6.07 Å². The second kappa shape index (κ2) is 5.77. The molecule has 0 amide bonds. The van der Waals surface area contributed by atoms with Crippen LogP contribution in [0.5, 0.6) is 0 Å². The highest BCUT2D eigenvalue weighted by Gasteiger charge is 2.31. The van der Waals surface area contributed by atoms with Gasteiger partial charge in [-0.05, 0) is 31.0 Å². The van der Waals surface area contributed by atoms with Gasteiger partial charge < -0.3 is 11.1 Å². The molecule has 0 radical (unpaired) electrons. The van der Waals surface area contributed by atoms with Gasteiger partial charge in [-0.25, -0.2) is 0 Å². The van der Waals surface area contributed by atoms with Crippen molar-refractivity contribution in [3.63, 3.8) is 0 Å². The highest BCUT2D eigenvalue weighted by Crippen LogP contribution is 2.32. The third-order valence-electron chi connectivity index (χ3n) is 3.00. The van der Waals surface area contributed by atoms with Crippen LogP contribution in [0.2, 0.25) is 0 Å². The lowest BCUT2D eigenvalue weighted by molar-refractivity contribution is -0.137. The predicted molar refractivity (Wildman–Crippen MR) is 75.3 cm³/mol. The van der Waals surface area contributed by atoms with Gasteiger partial charge in [0.1, 0.15) is 4.99 Å². The fourth-order valence-corrected chi connectivity index (χ4v) is 1.63. The maximum Gasteiger partial charge on any atom is 0.416 e. The van der Waals surface area contributed by atoms with Gasteiger partial charge in [0.15, 0.2) is 0 Å². The summed E-state index contributed by atoms with van der Waals surface area (Å²) >= 11 is 4.82. The average Bonchev–Trinajstić information content (AvgIpc) is 2.27. The number of nitrogens with one attached hydrogen (secondary N) is 1. The fraction of sp³-hybridized carbons (Fsp3) is 0.462.